The summed E-state index contributed by atoms with van der Waals surface area (Å²) in [6.07, 6.45) is 5.32. The predicted molar refractivity (Wildman–Crippen MR) is 67.1 cm³/mol. The van der Waals surface area contributed by atoms with Crippen molar-refractivity contribution < 1.29 is 9.90 Å². The zero-order chi connectivity index (χ0) is 12.3. The Hall–Kier alpha value is -0.610. The molecule has 2 heterocycles. The summed E-state index contributed by atoms with van der Waals surface area (Å²) in [6.45, 7) is 6.10. The van der Waals surface area contributed by atoms with Crippen LogP contribution in [0.15, 0.2) is 0 Å². The number of hydrogen-bond donors (Lipinski definition) is 2. The van der Waals surface area contributed by atoms with Crippen LogP contribution in [-0.4, -0.2) is 47.7 Å². The molecule has 2 fully saturated rings. The fourth-order valence-electron chi connectivity index (χ4n) is 3.20. The summed E-state index contributed by atoms with van der Waals surface area (Å²) in [7, 11) is 0. The Balaban J connectivity index is 1.97. The van der Waals surface area contributed by atoms with Gasteiger partial charge in [0.1, 0.15) is 0 Å². The Labute approximate surface area is 103 Å². The summed E-state index contributed by atoms with van der Waals surface area (Å²) in [5.41, 5.74) is -0.0888. The molecule has 17 heavy (non-hydrogen) atoms. The van der Waals surface area contributed by atoms with E-state index in [2.05, 4.69) is 17.1 Å². The summed E-state index contributed by atoms with van der Waals surface area (Å²) in [6, 6.07) is 0. The maximum Gasteiger partial charge on any atom is 0.305 e. The summed E-state index contributed by atoms with van der Waals surface area (Å²) in [5, 5.41) is 12.3. The Morgan fingerprint density at radius 3 is 2.71 bits per heavy atom. The van der Waals surface area contributed by atoms with Crippen LogP contribution in [0, 0.1) is 5.92 Å². The van der Waals surface area contributed by atoms with Crippen molar-refractivity contribution in [2.45, 2.75) is 44.6 Å². The Morgan fingerprint density at radius 1 is 1.41 bits per heavy atom. The van der Waals surface area contributed by atoms with Gasteiger partial charge in [0.05, 0.1) is 12.0 Å². The number of likely N-dealkylation sites (tertiary alicyclic amines) is 1. The van der Waals surface area contributed by atoms with Crippen molar-refractivity contribution in [2.24, 2.45) is 5.92 Å². The first-order valence-corrected chi connectivity index (χ1v) is 6.84. The summed E-state index contributed by atoms with van der Waals surface area (Å²) >= 11 is 0. The fraction of sp³-hybridized carbons (Fsp3) is 0.923. The predicted octanol–water partition coefficient (Wildman–Crippen LogP) is 1.32. The molecule has 0 aromatic carbocycles. The number of carboxylic acid groups (broad SMARTS) is 1. The molecule has 0 aromatic heterocycles. The van der Waals surface area contributed by atoms with Gasteiger partial charge in [-0.3, -0.25) is 9.69 Å². The highest BCUT2D eigenvalue weighted by Crippen LogP contribution is 2.30. The molecule has 2 aliphatic rings. The molecule has 0 aliphatic carbocycles. The molecule has 0 saturated carbocycles. The lowest BCUT2D eigenvalue weighted by molar-refractivity contribution is -0.141. The van der Waals surface area contributed by atoms with Crippen molar-refractivity contribution in [3.8, 4) is 0 Å². The maximum absolute atomic E-state index is 11.0. The third-order valence-corrected chi connectivity index (χ3v) is 4.48. The fourth-order valence-corrected chi connectivity index (χ4v) is 3.20. The van der Waals surface area contributed by atoms with Crippen LogP contribution >= 0.6 is 0 Å². The molecule has 4 heteroatoms. The molecule has 2 N–H and O–H groups in total. The topological polar surface area (TPSA) is 52.6 Å². The minimum atomic E-state index is -0.664. The maximum atomic E-state index is 11.0. The van der Waals surface area contributed by atoms with E-state index >= 15 is 0 Å². The highest BCUT2D eigenvalue weighted by Gasteiger charge is 2.44. The van der Waals surface area contributed by atoms with Crippen molar-refractivity contribution in [3.63, 3.8) is 0 Å². The Morgan fingerprint density at radius 2 is 2.18 bits per heavy atom. The van der Waals surface area contributed by atoms with Crippen LogP contribution in [0.2, 0.25) is 0 Å². The van der Waals surface area contributed by atoms with E-state index in [0.29, 0.717) is 0 Å². The molecule has 0 amide bonds. The SMILES string of the molecule is CCC1CCCN(C2(CC(=O)O)CNC2)CC1. The van der Waals surface area contributed by atoms with Crippen LogP contribution in [-0.2, 0) is 4.79 Å². The van der Waals surface area contributed by atoms with E-state index in [1.165, 1.54) is 25.7 Å². The van der Waals surface area contributed by atoms with E-state index in [0.717, 1.165) is 32.1 Å². The number of hydrogen-bond acceptors (Lipinski definition) is 3. The van der Waals surface area contributed by atoms with Crippen LogP contribution in [0.5, 0.6) is 0 Å². The van der Waals surface area contributed by atoms with Gasteiger partial charge in [0, 0.05) is 13.1 Å². The number of nitrogens with zero attached hydrogens (tertiary/aromatic N) is 1. The van der Waals surface area contributed by atoms with E-state index in [1.807, 2.05) is 0 Å². The normalized spacial score (nSPS) is 29.4. The van der Waals surface area contributed by atoms with Gasteiger partial charge < -0.3 is 10.4 Å². The quantitative estimate of drug-likeness (QED) is 0.778. The van der Waals surface area contributed by atoms with E-state index in [9.17, 15) is 4.79 Å². The van der Waals surface area contributed by atoms with Gasteiger partial charge in [0.25, 0.3) is 0 Å². The highest BCUT2D eigenvalue weighted by atomic mass is 16.4. The number of carbonyl (C=O) groups is 1. The molecule has 2 rings (SSSR count). The second kappa shape index (κ2) is 5.36. The molecular formula is C13H24N2O2. The summed E-state index contributed by atoms with van der Waals surface area (Å²) < 4.78 is 0. The average molecular weight is 240 g/mol. The van der Waals surface area contributed by atoms with Crippen LogP contribution in [0.1, 0.15) is 39.0 Å². The molecule has 0 aromatic rings. The Kier molecular flexibility index (Phi) is 4.05. The third kappa shape index (κ3) is 2.80. The monoisotopic (exact) mass is 240 g/mol. The highest BCUT2D eigenvalue weighted by molar-refractivity contribution is 5.68. The number of nitrogens with one attached hydrogen (secondary N) is 1. The van der Waals surface area contributed by atoms with Crippen LogP contribution in [0.4, 0.5) is 0 Å². The Bertz CT molecular complexity index is 277. The molecule has 1 atom stereocenters. The second-order valence-corrected chi connectivity index (χ2v) is 5.59. The lowest BCUT2D eigenvalue weighted by atomic mass is 9.86. The molecule has 1 unspecified atom stereocenters. The van der Waals surface area contributed by atoms with Crippen molar-refractivity contribution >= 4 is 5.97 Å². The van der Waals surface area contributed by atoms with E-state index in [4.69, 9.17) is 5.11 Å². The molecule has 98 valence electrons. The minimum absolute atomic E-state index is 0.0888. The zero-order valence-corrected chi connectivity index (χ0v) is 10.7. The van der Waals surface area contributed by atoms with E-state index < -0.39 is 5.97 Å². The van der Waals surface area contributed by atoms with Gasteiger partial charge in [-0.1, -0.05) is 13.3 Å². The van der Waals surface area contributed by atoms with Gasteiger partial charge in [-0.2, -0.15) is 0 Å². The number of aliphatic carboxylic acids is 1. The minimum Gasteiger partial charge on any atom is -0.481 e. The molecule has 2 aliphatic heterocycles. The van der Waals surface area contributed by atoms with E-state index in [1.54, 1.807) is 0 Å². The number of carboxylic acids is 1. The average Bonchev–Trinajstić information content (AvgIpc) is 2.48. The molecule has 0 radical (unpaired) electrons. The first kappa shape index (κ1) is 12.8. The van der Waals surface area contributed by atoms with Gasteiger partial charge >= 0.3 is 5.97 Å². The van der Waals surface area contributed by atoms with Crippen molar-refractivity contribution in [1.29, 1.82) is 0 Å². The smallest absolute Gasteiger partial charge is 0.305 e. The van der Waals surface area contributed by atoms with Crippen LogP contribution < -0.4 is 5.32 Å². The van der Waals surface area contributed by atoms with Gasteiger partial charge in [0.15, 0.2) is 0 Å². The lowest BCUT2D eigenvalue weighted by Crippen LogP contribution is -2.69. The van der Waals surface area contributed by atoms with Gasteiger partial charge in [0.2, 0.25) is 0 Å². The number of rotatable bonds is 4. The first-order valence-electron chi connectivity index (χ1n) is 6.84. The van der Waals surface area contributed by atoms with E-state index in [-0.39, 0.29) is 12.0 Å². The molecule has 2 saturated heterocycles. The molecule has 0 spiro atoms. The van der Waals surface area contributed by atoms with Crippen molar-refractivity contribution in [1.82, 2.24) is 10.2 Å². The second-order valence-electron chi connectivity index (χ2n) is 5.59. The molecular weight excluding hydrogens is 216 g/mol. The standard InChI is InChI=1S/C13H24N2O2/c1-2-11-4-3-6-15(7-5-11)13(8-12(16)17)9-14-10-13/h11,14H,2-10H2,1H3,(H,16,17). The van der Waals surface area contributed by atoms with Crippen LogP contribution in [0.25, 0.3) is 0 Å². The first-order chi connectivity index (χ1) is 8.16. The van der Waals surface area contributed by atoms with Crippen molar-refractivity contribution in [3.05, 3.63) is 0 Å². The van der Waals surface area contributed by atoms with Gasteiger partial charge in [-0.15, -0.1) is 0 Å². The molecule has 0 bridgehead atoms. The van der Waals surface area contributed by atoms with Crippen molar-refractivity contribution in [2.75, 3.05) is 26.2 Å². The van der Waals surface area contributed by atoms with Gasteiger partial charge in [-0.25, -0.2) is 0 Å². The van der Waals surface area contributed by atoms with Gasteiger partial charge in [-0.05, 0) is 38.3 Å². The largest absolute Gasteiger partial charge is 0.481 e. The summed E-state index contributed by atoms with van der Waals surface area (Å²) in [4.78, 5) is 13.4. The lowest BCUT2D eigenvalue weighted by Gasteiger charge is -2.50. The zero-order valence-electron chi connectivity index (χ0n) is 10.7. The molecule has 4 nitrogen and oxygen atoms in total. The summed E-state index contributed by atoms with van der Waals surface area (Å²) in [5.74, 6) is 0.178. The van der Waals surface area contributed by atoms with Crippen LogP contribution in [0.3, 0.4) is 0 Å². The third-order valence-electron chi connectivity index (χ3n) is 4.48.